The van der Waals surface area contributed by atoms with Crippen molar-refractivity contribution in [3.8, 4) is 77.9 Å². The van der Waals surface area contributed by atoms with Crippen molar-refractivity contribution in [2.45, 2.75) is 0 Å². The molecule has 65 heavy (non-hydrogen) atoms. The first-order chi connectivity index (χ1) is 32.2. The zero-order chi connectivity index (χ0) is 43.4. The molecule has 0 unspecified atom stereocenters. The summed E-state index contributed by atoms with van der Waals surface area (Å²) < 4.78 is 0. The van der Waals surface area contributed by atoms with Crippen LogP contribution in [0.25, 0.3) is 88.7 Å². The van der Waals surface area contributed by atoms with Crippen molar-refractivity contribution >= 4 is 27.8 Å². The molecule has 0 saturated carbocycles. The fourth-order valence-corrected chi connectivity index (χ4v) is 8.99. The molecule has 11 aromatic carbocycles. The van der Waals surface area contributed by atoms with Crippen LogP contribution in [0.5, 0.6) is 0 Å². The Hall–Kier alpha value is -8.52. The average molecular weight is 828 g/mol. The summed E-state index contributed by atoms with van der Waals surface area (Å²) in [6.07, 6.45) is 0. The molecule has 1 heteroatoms. The highest BCUT2D eigenvalue weighted by Gasteiger charge is 2.15. The van der Waals surface area contributed by atoms with Crippen LogP contribution >= 0.6 is 0 Å². The van der Waals surface area contributed by atoms with Crippen molar-refractivity contribution < 1.29 is 0 Å². The number of anilines is 3. The molecule has 0 fully saturated rings. The fraction of sp³-hybridized carbons (Fsp3) is 0. The van der Waals surface area contributed by atoms with Crippen LogP contribution < -0.4 is 4.90 Å². The summed E-state index contributed by atoms with van der Waals surface area (Å²) in [4.78, 5) is 2.35. The Morgan fingerprint density at radius 3 is 0.708 bits per heavy atom. The minimum absolute atomic E-state index is 1.09. The molecule has 0 spiro atoms. The molecular weight excluding hydrogens is 783 g/mol. The van der Waals surface area contributed by atoms with Crippen molar-refractivity contribution in [3.05, 3.63) is 273 Å². The molecule has 0 aliphatic carbocycles. The summed E-state index contributed by atoms with van der Waals surface area (Å²) in [5.74, 6) is 0. The largest absolute Gasteiger partial charge is 0.311 e. The molecule has 0 aliphatic heterocycles. The first kappa shape index (κ1) is 39.3. The molecule has 0 aliphatic rings. The van der Waals surface area contributed by atoms with Gasteiger partial charge in [-0.1, -0.05) is 206 Å². The highest BCUT2D eigenvalue weighted by molar-refractivity contribution is 5.91. The zero-order valence-electron chi connectivity index (χ0n) is 35.9. The van der Waals surface area contributed by atoms with Crippen LogP contribution in [-0.2, 0) is 0 Å². The number of benzene rings is 11. The molecule has 0 saturated heterocycles. The molecular formula is C64H45N. The van der Waals surface area contributed by atoms with Crippen LogP contribution in [-0.4, -0.2) is 0 Å². The molecule has 0 amide bonds. The maximum absolute atomic E-state index is 2.35. The third-order valence-electron chi connectivity index (χ3n) is 12.5. The second-order valence-electron chi connectivity index (χ2n) is 16.6. The van der Waals surface area contributed by atoms with Crippen LogP contribution in [0.1, 0.15) is 0 Å². The monoisotopic (exact) mass is 827 g/mol. The predicted octanol–water partition coefficient (Wildman–Crippen LogP) is 18.0. The summed E-state index contributed by atoms with van der Waals surface area (Å²) >= 11 is 0. The van der Waals surface area contributed by atoms with Crippen LogP contribution in [0.3, 0.4) is 0 Å². The van der Waals surface area contributed by atoms with E-state index in [1.807, 2.05) is 0 Å². The smallest absolute Gasteiger partial charge is 0.0462 e. The van der Waals surface area contributed by atoms with Gasteiger partial charge in [0, 0.05) is 17.1 Å². The number of nitrogens with zero attached hydrogens (tertiary/aromatic N) is 1. The van der Waals surface area contributed by atoms with E-state index in [-0.39, 0.29) is 0 Å². The molecule has 11 aromatic rings. The van der Waals surface area contributed by atoms with E-state index in [0.29, 0.717) is 0 Å². The summed E-state index contributed by atoms with van der Waals surface area (Å²) in [7, 11) is 0. The Morgan fingerprint density at radius 2 is 0.385 bits per heavy atom. The van der Waals surface area contributed by atoms with E-state index in [1.54, 1.807) is 0 Å². The minimum atomic E-state index is 1.09. The van der Waals surface area contributed by atoms with E-state index < -0.39 is 0 Å². The molecule has 1 nitrogen and oxygen atoms in total. The van der Waals surface area contributed by atoms with Gasteiger partial charge in [-0.3, -0.25) is 0 Å². The van der Waals surface area contributed by atoms with E-state index in [2.05, 4.69) is 278 Å². The topological polar surface area (TPSA) is 3.24 Å². The van der Waals surface area contributed by atoms with E-state index in [4.69, 9.17) is 0 Å². The normalized spacial score (nSPS) is 11.1. The van der Waals surface area contributed by atoms with Gasteiger partial charge in [0.05, 0.1) is 0 Å². The molecule has 0 aromatic heterocycles. The maximum atomic E-state index is 2.35. The first-order valence-electron chi connectivity index (χ1n) is 22.3. The first-order valence-corrected chi connectivity index (χ1v) is 22.3. The minimum Gasteiger partial charge on any atom is -0.311 e. The lowest BCUT2D eigenvalue weighted by molar-refractivity contribution is 1.28. The van der Waals surface area contributed by atoms with Crippen LogP contribution in [0.15, 0.2) is 273 Å². The predicted molar refractivity (Wildman–Crippen MR) is 277 cm³/mol. The second-order valence-corrected chi connectivity index (χ2v) is 16.6. The molecule has 0 radical (unpaired) electrons. The third kappa shape index (κ3) is 8.40. The summed E-state index contributed by atoms with van der Waals surface area (Å²) in [6.45, 7) is 0. The van der Waals surface area contributed by atoms with Gasteiger partial charge in [-0.05, 0) is 155 Å². The van der Waals surface area contributed by atoms with Crippen LogP contribution in [0, 0.1) is 0 Å². The lowest BCUT2D eigenvalue weighted by atomic mass is 9.95. The van der Waals surface area contributed by atoms with Crippen molar-refractivity contribution in [2.24, 2.45) is 0 Å². The van der Waals surface area contributed by atoms with Gasteiger partial charge in [0.2, 0.25) is 0 Å². The van der Waals surface area contributed by atoms with Gasteiger partial charge >= 0.3 is 0 Å². The zero-order valence-corrected chi connectivity index (χ0v) is 35.9. The highest BCUT2D eigenvalue weighted by Crippen LogP contribution is 2.39. The second kappa shape index (κ2) is 17.7. The van der Waals surface area contributed by atoms with Crippen molar-refractivity contribution in [2.75, 3.05) is 4.90 Å². The summed E-state index contributed by atoms with van der Waals surface area (Å²) in [6, 6.07) is 98.7. The number of hydrogen-bond donors (Lipinski definition) is 0. The number of fused-ring (bicyclic) bond motifs is 1. The van der Waals surface area contributed by atoms with Gasteiger partial charge in [0.25, 0.3) is 0 Å². The van der Waals surface area contributed by atoms with Crippen molar-refractivity contribution in [1.82, 2.24) is 0 Å². The van der Waals surface area contributed by atoms with Gasteiger partial charge in [0.15, 0.2) is 0 Å². The SMILES string of the molecule is c1ccc(-c2cccc(-c3ccc(N(c4ccc(-c5cccc(-c6ccccc6)c5)cc4)c4ccc(-c5cccc(-c6ccc7ccc(-c8ccccc8)cc7c6)c5)cc4)cc3)c2)cc1. The summed E-state index contributed by atoms with van der Waals surface area (Å²) in [5, 5.41) is 2.48. The van der Waals surface area contributed by atoms with E-state index in [0.717, 1.165) is 17.1 Å². The molecule has 0 N–H and O–H groups in total. The van der Waals surface area contributed by atoms with Crippen LogP contribution in [0.4, 0.5) is 17.1 Å². The molecule has 0 atom stereocenters. The fourth-order valence-electron chi connectivity index (χ4n) is 8.99. The van der Waals surface area contributed by atoms with Gasteiger partial charge in [-0.2, -0.15) is 0 Å². The quantitative estimate of drug-likeness (QED) is 0.133. The maximum Gasteiger partial charge on any atom is 0.0462 e. The number of hydrogen-bond acceptors (Lipinski definition) is 1. The standard InChI is InChI=1S/C64H45N/c1-4-13-46(14-5-1)53-19-10-21-55(41-53)49-29-35-62(36-30-49)65(63-37-31-50(32-38-63)56-22-11-20-54(42-56)47-15-6-2-7-16-47)64-39-33-51(34-40-64)57-23-12-24-58(43-57)60-28-26-52-25-27-59(44-61(52)45-60)48-17-8-3-9-18-48/h1-45H. The van der Waals surface area contributed by atoms with Crippen molar-refractivity contribution in [3.63, 3.8) is 0 Å². The lowest BCUT2D eigenvalue weighted by Crippen LogP contribution is -2.09. The van der Waals surface area contributed by atoms with Gasteiger partial charge in [-0.15, -0.1) is 0 Å². The molecule has 0 bridgehead atoms. The Balaban J connectivity index is 0.917. The Morgan fingerprint density at radius 1 is 0.154 bits per heavy atom. The van der Waals surface area contributed by atoms with E-state index >= 15 is 0 Å². The van der Waals surface area contributed by atoms with Crippen molar-refractivity contribution in [1.29, 1.82) is 0 Å². The average Bonchev–Trinajstić information content (AvgIpc) is 3.40. The summed E-state index contributed by atoms with van der Waals surface area (Å²) in [5.41, 5.74) is 20.1. The Kier molecular flexibility index (Phi) is 10.7. The van der Waals surface area contributed by atoms with E-state index in [9.17, 15) is 0 Å². The Labute approximate surface area is 381 Å². The van der Waals surface area contributed by atoms with Gasteiger partial charge < -0.3 is 4.90 Å². The number of rotatable bonds is 10. The molecule has 11 rings (SSSR count). The molecule has 0 heterocycles. The third-order valence-corrected chi connectivity index (χ3v) is 12.5. The molecule has 306 valence electrons. The van der Waals surface area contributed by atoms with Crippen LogP contribution in [0.2, 0.25) is 0 Å². The van der Waals surface area contributed by atoms with Gasteiger partial charge in [0.1, 0.15) is 0 Å². The lowest BCUT2D eigenvalue weighted by Gasteiger charge is -2.26. The highest BCUT2D eigenvalue weighted by atomic mass is 15.1. The Bertz CT molecular complexity index is 3250. The van der Waals surface area contributed by atoms with E-state index in [1.165, 1.54) is 88.7 Å². The van der Waals surface area contributed by atoms with Gasteiger partial charge in [-0.25, -0.2) is 0 Å².